The highest BCUT2D eigenvalue weighted by Crippen LogP contribution is 2.32. The van der Waals surface area contributed by atoms with Crippen LogP contribution in [0.25, 0.3) is 0 Å². The number of carbonyl (C=O) groups excluding carboxylic acids is 1. The molecule has 0 radical (unpaired) electrons. The molecule has 2 N–H and O–H groups in total. The predicted octanol–water partition coefficient (Wildman–Crippen LogP) is 2.84. The molecular weight excluding hydrogens is 270 g/mol. The van der Waals surface area contributed by atoms with E-state index in [9.17, 15) is 9.90 Å². The summed E-state index contributed by atoms with van der Waals surface area (Å²) in [5, 5.41) is 12.2. The molecule has 3 nitrogen and oxygen atoms in total. The van der Waals surface area contributed by atoms with Crippen LogP contribution in [-0.2, 0) is 11.2 Å². The van der Waals surface area contributed by atoms with Gasteiger partial charge in [0.05, 0.1) is 5.25 Å². The minimum atomic E-state index is -0.268. The minimum absolute atomic E-state index is 0.0397. The molecule has 20 heavy (non-hydrogen) atoms. The fourth-order valence-electron chi connectivity index (χ4n) is 1.89. The molecule has 2 aromatic carbocycles. The van der Waals surface area contributed by atoms with Gasteiger partial charge in [-0.3, -0.25) is 4.79 Å². The number of rotatable bonds is 5. The van der Waals surface area contributed by atoms with E-state index in [-0.39, 0.29) is 16.9 Å². The van der Waals surface area contributed by atoms with Gasteiger partial charge in [-0.2, -0.15) is 0 Å². The van der Waals surface area contributed by atoms with E-state index in [2.05, 4.69) is 5.32 Å². The first kappa shape index (κ1) is 14.5. The lowest BCUT2D eigenvalue weighted by atomic mass is 10.1. The number of phenolic OH excluding ortho intramolecular Hbond substituents is 1. The monoisotopic (exact) mass is 287 g/mol. The molecule has 0 bridgehead atoms. The van der Waals surface area contributed by atoms with E-state index in [1.165, 1.54) is 11.8 Å². The highest BCUT2D eigenvalue weighted by atomic mass is 32.2. The van der Waals surface area contributed by atoms with Crippen molar-refractivity contribution in [1.82, 2.24) is 5.32 Å². The van der Waals surface area contributed by atoms with Gasteiger partial charge in [-0.15, -0.1) is 11.8 Å². The molecule has 0 aromatic heterocycles. The fraction of sp³-hybridized carbons (Fsp3) is 0.188. The van der Waals surface area contributed by atoms with Crippen molar-refractivity contribution in [2.75, 3.05) is 7.05 Å². The highest BCUT2D eigenvalue weighted by Gasteiger charge is 2.20. The van der Waals surface area contributed by atoms with Gasteiger partial charge >= 0.3 is 0 Å². The van der Waals surface area contributed by atoms with Crippen LogP contribution in [0.3, 0.4) is 0 Å². The predicted molar refractivity (Wildman–Crippen MR) is 82.0 cm³/mol. The van der Waals surface area contributed by atoms with Crippen molar-refractivity contribution in [2.45, 2.75) is 16.6 Å². The summed E-state index contributed by atoms with van der Waals surface area (Å²) in [5.41, 5.74) is 1.10. The maximum Gasteiger partial charge on any atom is 0.233 e. The molecule has 104 valence electrons. The van der Waals surface area contributed by atoms with Gasteiger partial charge in [0.15, 0.2) is 0 Å². The maximum atomic E-state index is 12.0. The number of hydrogen-bond donors (Lipinski definition) is 2. The molecule has 2 aromatic rings. The summed E-state index contributed by atoms with van der Waals surface area (Å²) in [6.07, 6.45) is 0.625. The van der Waals surface area contributed by atoms with E-state index in [0.717, 1.165) is 10.5 Å². The summed E-state index contributed by atoms with van der Waals surface area (Å²) in [7, 11) is 1.63. The molecule has 0 fully saturated rings. The molecule has 0 aliphatic rings. The lowest BCUT2D eigenvalue weighted by Gasteiger charge is -2.15. The second kappa shape index (κ2) is 7.01. The third-order valence-electron chi connectivity index (χ3n) is 2.94. The lowest BCUT2D eigenvalue weighted by Crippen LogP contribution is -2.31. The highest BCUT2D eigenvalue weighted by molar-refractivity contribution is 8.00. The zero-order valence-electron chi connectivity index (χ0n) is 11.2. The van der Waals surface area contributed by atoms with Crippen LogP contribution in [0, 0.1) is 0 Å². The Labute approximate surface area is 123 Å². The van der Waals surface area contributed by atoms with Crippen molar-refractivity contribution < 1.29 is 9.90 Å². The summed E-state index contributed by atoms with van der Waals surface area (Å²) in [4.78, 5) is 12.7. The fourth-order valence-corrected chi connectivity index (χ4v) is 3.04. The number of aromatic hydroxyl groups is 1. The Balaban J connectivity index is 2.16. The van der Waals surface area contributed by atoms with Crippen LogP contribution in [0.2, 0.25) is 0 Å². The van der Waals surface area contributed by atoms with Gasteiger partial charge in [-0.05, 0) is 24.1 Å². The minimum Gasteiger partial charge on any atom is -0.507 e. The summed E-state index contributed by atoms with van der Waals surface area (Å²) in [6.45, 7) is 0. The maximum absolute atomic E-state index is 12.0. The molecular formula is C16H17NO2S. The Kier molecular flexibility index (Phi) is 5.07. The van der Waals surface area contributed by atoms with Crippen LogP contribution in [0.1, 0.15) is 5.56 Å². The van der Waals surface area contributed by atoms with Gasteiger partial charge in [-0.1, -0.05) is 42.5 Å². The second-order valence-corrected chi connectivity index (χ2v) is 5.62. The molecule has 1 atom stereocenters. The Bertz CT molecular complexity index is 572. The topological polar surface area (TPSA) is 49.3 Å². The Morgan fingerprint density at radius 2 is 1.80 bits per heavy atom. The van der Waals surface area contributed by atoms with Crippen molar-refractivity contribution in [2.24, 2.45) is 0 Å². The number of carbonyl (C=O) groups is 1. The average Bonchev–Trinajstić information content (AvgIpc) is 2.49. The van der Waals surface area contributed by atoms with E-state index in [1.54, 1.807) is 19.2 Å². The molecule has 0 spiro atoms. The number of nitrogens with one attached hydrogen (secondary N) is 1. The van der Waals surface area contributed by atoms with Gasteiger partial charge < -0.3 is 10.4 Å². The third kappa shape index (κ3) is 3.78. The van der Waals surface area contributed by atoms with Gasteiger partial charge in [0.2, 0.25) is 5.91 Å². The number of amides is 1. The third-order valence-corrected chi connectivity index (χ3v) is 4.20. The first-order valence-electron chi connectivity index (χ1n) is 6.41. The largest absolute Gasteiger partial charge is 0.507 e. The number of thioether (sulfide) groups is 1. The van der Waals surface area contributed by atoms with Gasteiger partial charge in [0, 0.05) is 11.9 Å². The number of benzene rings is 2. The molecule has 0 saturated heterocycles. The molecule has 0 aliphatic carbocycles. The first-order chi connectivity index (χ1) is 9.70. The van der Waals surface area contributed by atoms with Crippen LogP contribution >= 0.6 is 11.8 Å². The quantitative estimate of drug-likeness (QED) is 0.831. The summed E-state index contributed by atoms with van der Waals surface area (Å²) < 4.78 is 0. The van der Waals surface area contributed by atoms with Gasteiger partial charge in [0.1, 0.15) is 5.75 Å². The van der Waals surface area contributed by atoms with Crippen LogP contribution in [0.15, 0.2) is 59.5 Å². The molecule has 0 saturated carbocycles. The number of phenols is 1. The Hall–Kier alpha value is -1.94. The van der Waals surface area contributed by atoms with Crippen LogP contribution < -0.4 is 5.32 Å². The summed E-state index contributed by atoms with van der Waals surface area (Å²) in [6, 6.07) is 16.9. The SMILES string of the molecule is CNC(=O)C(Cc1ccccc1)Sc1ccccc1O. The van der Waals surface area contributed by atoms with Crippen molar-refractivity contribution in [3.63, 3.8) is 0 Å². The zero-order valence-corrected chi connectivity index (χ0v) is 12.1. The zero-order chi connectivity index (χ0) is 14.4. The summed E-state index contributed by atoms with van der Waals surface area (Å²) >= 11 is 1.38. The molecule has 2 rings (SSSR count). The Morgan fingerprint density at radius 3 is 2.45 bits per heavy atom. The molecule has 4 heteroatoms. The lowest BCUT2D eigenvalue weighted by molar-refractivity contribution is -0.120. The molecule has 1 unspecified atom stereocenters. The Morgan fingerprint density at radius 1 is 1.15 bits per heavy atom. The smallest absolute Gasteiger partial charge is 0.233 e. The van der Waals surface area contributed by atoms with Crippen LogP contribution in [-0.4, -0.2) is 23.3 Å². The van der Waals surface area contributed by atoms with E-state index in [4.69, 9.17) is 0 Å². The second-order valence-electron chi connectivity index (χ2n) is 4.38. The molecule has 0 heterocycles. The average molecular weight is 287 g/mol. The van der Waals surface area contributed by atoms with E-state index in [0.29, 0.717) is 6.42 Å². The van der Waals surface area contributed by atoms with Crippen LogP contribution in [0.4, 0.5) is 0 Å². The van der Waals surface area contributed by atoms with E-state index in [1.807, 2.05) is 42.5 Å². The van der Waals surface area contributed by atoms with Gasteiger partial charge in [-0.25, -0.2) is 0 Å². The standard InChI is InChI=1S/C16H17NO2S/c1-17-16(19)15(11-12-7-3-2-4-8-12)20-14-10-6-5-9-13(14)18/h2-10,15,18H,11H2,1H3,(H,17,19). The van der Waals surface area contributed by atoms with Gasteiger partial charge in [0.25, 0.3) is 0 Å². The molecule has 0 aliphatic heterocycles. The first-order valence-corrected chi connectivity index (χ1v) is 7.29. The van der Waals surface area contributed by atoms with Crippen molar-refractivity contribution in [1.29, 1.82) is 0 Å². The normalized spacial score (nSPS) is 11.8. The summed E-state index contributed by atoms with van der Waals surface area (Å²) in [5.74, 6) is 0.168. The van der Waals surface area contributed by atoms with Crippen molar-refractivity contribution in [3.8, 4) is 5.75 Å². The number of para-hydroxylation sites is 1. The van der Waals surface area contributed by atoms with Crippen LogP contribution in [0.5, 0.6) is 5.75 Å². The number of hydrogen-bond acceptors (Lipinski definition) is 3. The van der Waals surface area contributed by atoms with Crippen molar-refractivity contribution >= 4 is 17.7 Å². The van der Waals surface area contributed by atoms with Crippen molar-refractivity contribution in [3.05, 3.63) is 60.2 Å². The van der Waals surface area contributed by atoms with E-state index < -0.39 is 0 Å². The molecule has 1 amide bonds. The van der Waals surface area contributed by atoms with E-state index >= 15 is 0 Å².